The number of anilines is 1. The summed E-state index contributed by atoms with van der Waals surface area (Å²) in [7, 11) is 0. The summed E-state index contributed by atoms with van der Waals surface area (Å²) in [5.41, 5.74) is 0.856. The largest absolute Gasteiger partial charge is 0.482 e. The summed E-state index contributed by atoms with van der Waals surface area (Å²) in [6, 6.07) is 4.62. The number of aliphatic carboxylic acids is 1. The normalized spacial score (nSPS) is 14.6. The Morgan fingerprint density at radius 1 is 1.50 bits per heavy atom. The number of ether oxygens (including phenoxy) is 1. The minimum Gasteiger partial charge on any atom is -0.482 e. The van der Waals surface area contributed by atoms with Gasteiger partial charge in [0.15, 0.2) is 6.61 Å². The maximum Gasteiger partial charge on any atom is 0.308 e. The van der Waals surface area contributed by atoms with Crippen LogP contribution >= 0.6 is 0 Å². The van der Waals surface area contributed by atoms with Gasteiger partial charge in [-0.15, -0.1) is 0 Å². The fourth-order valence-electron chi connectivity index (χ4n) is 1.65. The molecule has 0 radical (unpaired) electrons. The molecule has 1 unspecified atom stereocenters. The van der Waals surface area contributed by atoms with Gasteiger partial charge in [-0.3, -0.25) is 14.4 Å². The van der Waals surface area contributed by atoms with Gasteiger partial charge in [0, 0.05) is 12.1 Å². The molecule has 2 amide bonds. The van der Waals surface area contributed by atoms with Crippen LogP contribution < -0.4 is 15.4 Å². The van der Waals surface area contributed by atoms with Gasteiger partial charge in [-0.05, 0) is 18.2 Å². The minimum atomic E-state index is -0.971. The fraction of sp³-hybridized carbons (Fsp3) is 0.308. The van der Waals surface area contributed by atoms with Gasteiger partial charge < -0.3 is 20.5 Å². The molecule has 0 saturated heterocycles. The van der Waals surface area contributed by atoms with Gasteiger partial charge in [0.25, 0.3) is 11.8 Å². The Bertz CT molecular complexity index is 570. The molecular weight excluding hydrogens is 264 g/mol. The van der Waals surface area contributed by atoms with Crippen LogP contribution in [0.5, 0.6) is 5.75 Å². The highest BCUT2D eigenvalue weighted by molar-refractivity contribution is 5.99. The second-order valence-corrected chi connectivity index (χ2v) is 4.50. The van der Waals surface area contributed by atoms with Gasteiger partial charge >= 0.3 is 5.97 Å². The Morgan fingerprint density at radius 2 is 2.25 bits per heavy atom. The third-order valence-electron chi connectivity index (χ3n) is 2.87. The van der Waals surface area contributed by atoms with Crippen molar-refractivity contribution in [3.05, 3.63) is 23.8 Å². The number of nitrogens with one attached hydrogen (secondary N) is 2. The van der Waals surface area contributed by atoms with E-state index in [1.54, 1.807) is 6.07 Å². The van der Waals surface area contributed by atoms with Crippen LogP contribution in [-0.4, -0.2) is 36.0 Å². The van der Waals surface area contributed by atoms with E-state index in [2.05, 4.69) is 10.6 Å². The monoisotopic (exact) mass is 278 g/mol. The van der Waals surface area contributed by atoms with Crippen molar-refractivity contribution < 1.29 is 24.2 Å². The summed E-state index contributed by atoms with van der Waals surface area (Å²) < 4.78 is 5.20. The summed E-state index contributed by atoms with van der Waals surface area (Å²) >= 11 is 0. The van der Waals surface area contributed by atoms with E-state index in [9.17, 15) is 14.4 Å². The Labute approximate surface area is 114 Å². The number of amides is 2. The van der Waals surface area contributed by atoms with E-state index >= 15 is 0 Å². The maximum absolute atomic E-state index is 11.9. The molecule has 1 heterocycles. The summed E-state index contributed by atoms with van der Waals surface area (Å²) in [6.07, 6.45) is 0. The predicted molar refractivity (Wildman–Crippen MR) is 69.7 cm³/mol. The second-order valence-electron chi connectivity index (χ2n) is 4.50. The van der Waals surface area contributed by atoms with Crippen molar-refractivity contribution >= 4 is 23.5 Å². The molecule has 0 aromatic heterocycles. The van der Waals surface area contributed by atoms with Crippen molar-refractivity contribution in [1.82, 2.24) is 5.32 Å². The highest BCUT2D eigenvalue weighted by atomic mass is 16.5. The number of rotatable bonds is 4. The first-order valence-electron chi connectivity index (χ1n) is 6.05. The number of carbonyl (C=O) groups is 3. The lowest BCUT2D eigenvalue weighted by molar-refractivity contribution is -0.140. The van der Waals surface area contributed by atoms with Gasteiger partial charge in [-0.1, -0.05) is 6.92 Å². The molecule has 7 nitrogen and oxygen atoms in total. The number of carboxylic acids is 1. The third-order valence-corrected chi connectivity index (χ3v) is 2.87. The smallest absolute Gasteiger partial charge is 0.308 e. The van der Waals surface area contributed by atoms with E-state index in [1.165, 1.54) is 19.1 Å². The molecule has 1 aliphatic heterocycles. The van der Waals surface area contributed by atoms with Gasteiger partial charge in [-0.2, -0.15) is 0 Å². The average molecular weight is 278 g/mol. The van der Waals surface area contributed by atoms with Crippen molar-refractivity contribution in [2.24, 2.45) is 5.92 Å². The zero-order valence-corrected chi connectivity index (χ0v) is 10.8. The van der Waals surface area contributed by atoms with Gasteiger partial charge in [-0.25, -0.2) is 0 Å². The lowest BCUT2D eigenvalue weighted by atomic mass is 10.1. The third kappa shape index (κ3) is 3.05. The highest BCUT2D eigenvalue weighted by Gasteiger charge is 2.18. The molecule has 3 N–H and O–H groups in total. The van der Waals surface area contributed by atoms with Crippen LogP contribution in [0.25, 0.3) is 0 Å². The number of carboxylic acid groups (broad SMARTS) is 1. The SMILES string of the molecule is CC(CNC(=O)c1ccc2c(c1)OCC(=O)N2)C(=O)O. The first-order valence-corrected chi connectivity index (χ1v) is 6.05. The van der Waals surface area contributed by atoms with E-state index in [0.717, 1.165) is 0 Å². The molecular formula is C13H14N2O5. The Hall–Kier alpha value is -2.57. The number of benzene rings is 1. The van der Waals surface area contributed by atoms with E-state index < -0.39 is 11.9 Å². The zero-order valence-electron chi connectivity index (χ0n) is 10.8. The minimum absolute atomic E-state index is 0.0445. The van der Waals surface area contributed by atoms with Crippen LogP contribution in [0.4, 0.5) is 5.69 Å². The van der Waals surface area contributed by atoms with Gasteiger partial charge in [0.05, 0.1) is 11.6 Å². The summed E-state index contributed by atoms with van der Waals surface area (Å²) in [5.74, 6) is -1.84. The molecule has 1 aromatic rings. The standard InChI is InChI=1S/C13H14N2O5/c1-7(13(18)19)5-14-12(17)8-2-3-9-10(4-8)20-6-11(16)15-9/h2-4,7H,5-6H2,1H3,(H,14,17)(H,15,16)(H,18,19). The maximum atomic E-state index is 11.9. The number of hydrogen-bond donors (Lipinski definition) is 3. The quantitative estimate of drug-likeness (QED) is 0.742. The average Bonchev–Trinajstić information content (AvgIpc) is 2.43. The topological polar surface area (TPSA) is 105 Å². The lowest BCUT2D eigenvalue weighted by Gasteiger charge is -2.18. The first-order chi connectivity index (χ1) is 9.47. The molecule has 0 saturated carbocycles. The lowest BCUT2D eigenvalue weighted by Crippen LogP contribution is -2.31. The summed E-state index contributed by atoms with van der Waals surface area (Å²) in [6.45, 7) is 1.46. The fourth-order valence-corrected chi connectivity index (χ4v) is 1.65. The molecule has 0 aliphatic carbocycles. The molecule has 0 bridgehead atoms. The summed E-state index contributed by atoms with van der Waals surface area (Å²) in [5, 5.41) is 13.9. The van der Waals surface area contributed by atoms with Crippen molar-refractivity contribution in [3.63, 3.8) is 0 Å². The van der Waals surface area contributed by atoms with Crippen LogP contribution in [0.15, 0.2) is 18.2 Å². The van der Waals surface area contributed by atoms with Crippen LogP contribution in [0.1, 0.15) is 17.3 Å². The van der Waals surface area contributed by atoms with Crippen molar-refractivity contribution in [2.45, 2.75) is 6.92 Å². The van der Waals surface area contributed by atoms with Crippen molar-refractivity contribution in [1.29, 1.82) is 0 Å². The second kappa shape index (κ2) is 5.60. The van der Waals surface area contributed by atoms with Crippen LogP contribution in [0.3, 0.4) is 0 Å². The van der Waals surface area contributed by atoms with Gasteiger partial charge in [0.2, 0.25) is 0 Å². The van der Waals surface area contributed by atoms with E-state index in [1.807, 2.05) is 0 Å². The Balaban J connectivity index is 2.04. The van der Waals surface area contributed by atoms with Crippen molar-refractivity contribution in [2.75, 3.05) is 18.5 Å². The summed E-state index contributed by atoms with van der Waals surface area (Å²) in [4.78, 5) is 33.6. The van der Waals surface area contributed by atoms with Crippen LogP contribution in [-0.2, 0) is 9.59 Å². The van der Waals surface area contributed by atoms with E-state index in [4.69, 9.17) is 9.84 Å². The Kier molecular flexibility index (Phi) is 3.88. The molecule has 1 aromatic carbocycles. The van der Waals surface area contributed by atoms with E-state index in [-0.39, 0.29) is 25.0 Å². The molecule has 2 rings (SSSR count). The first kappa shape index (κ1) is 13.9. The molecule has 106 valence electrons. The van der Waals surface area contributed by atoms with Gasteiger partial charge in [0.1, 0.15) is 5.75 Å². The Morgan fingerprint density at radius 3 is 2.95 bits per heavy atom. The predicted octanol–water partition coefficient (Wildman–Crippen LogP) is 0.468. The molecule has 0 spiro atoms. The zero-order chi connectivity index (χ0) is 14.7. The molecule has 1 atom stereocenters. The van der Waals surface area contributed by atoms with Crippen molar-refractivity contribution in [3.8, 4) is 5.75 Å². The molecule has 1 aliphatic rings. The number of fused-ring (bicyclic) bond motifs is 1. The molecule has 0 fully saturated rings. The number of carbonyl (C=O) groups excluding carboxylic acids is 2. The van der Waals surface area contributed by atoms with Crippen LogP contribution in [0, 0.1) is 5.92 Å². The highest BCUT2D eigenvalue weighted by Crippen LogP contribution is 2.28. The molecule has 7 heteroatoms. The number of hydrogen-bond acceptors (Lipinski definition) is 4. The van der Waals surface area contributed by atoms with Crippen LogP contribution in [0.2, 0.25) is 0 Å². The molecule has 20 heavy (non-hydrogen) atoms. The van der Waals surface area contributed by atoms with E-state index in [0.29, 0.717) is 17.0 Å².